The van der Waals surface area contributed by atoms with Crippen LogP contribution in [0.5, 0.6) is 0 Å². The summed E-state index contributed by atoms with van der Waals surface area (Å²) in [7, 11) is 0. The van der Waals surface area contributed by atoms with Crippen LogP contribution in [0.3, 0.4) is 0 Å². The molecule has 1 heterocycles. The summed E-state index contributed by atoms with van der Waals surface area (Å²) in [6.07, 6.45) is -3.47. The quantitative estimate of drug-likeness (QED) is 0.542. The maximum absolute atomic E-state index is 11.1. The number of carbonyl (C=O) groups is 2. The molecule has 0 bridgehead atoms. The van der Waals surface area contributed by atoms with Gasteiger partial charge in [0.15, 0.2) is 6.29 Å². The summed E-state index contributed by atoms with van der Waals surface area (Å²) < 4.78 is 10.4. The van der Waals surface area contributed by atoms with Gasteiger partial charge in [-0.15, -0.1) is 0 Å². The molecular weight excluding hydrogens is 244 g/mol. The number of rotatable bonds is 6. The van der Waals surface area contributed by atoms with E-state index in [-0.39, 0.29) is 19.4 Å². The molecule has 0 unspecified atom stereocenters. The monoisotopic (exact) mass is 262 g/mol. The van der Waals surface area contributed by atoms with Crippen molar-refractivity contribution in [2.75, 3.05) is 6.61 Å². The molecule has 0 aromatic heterocycles. The van der Waals surface area contributed by atoms with Crippen molar-refractivity contribution >= 4 is 11.8 Å². The lowest BCUT2D eigenvalue weighted by Crippen LogP contribution is -2.47. The van der Waals surface area contributed by atoms with E-state index in [0.29, 0.717) is 0 Å². The summed E-state index contributed by atoms with van der Waals surface area (Å²) in [4.78, 5) is 21.3. The second-order valence-corrected chi connectivity index (χ2v) is 4.31. The highest BCUT2D eigenvalue weighted by molar-refractivity contribution is 5.94. The molecule has 0 spiro atoms. The maximum Gasteiger partial charge on any atom is 0.310 e. The highest BCUT2D eigenvalue weighted by Crippen LogP contribution is 2.20. The number of carboxylic acids is 1. The summed E-state index contributed by atoms with van der Waals surface area (Å²) in [5.74, 6) is -1.62. The molecule has 1 aliphatic rings. The molecule has 1 saturated heterocycles. The smallest absolute Gasteiger partial charge is 0.310 e. The van der Waals surface area contributed by atoms with Gasteiger partial charge in [-0.25, -0.2) is 0 Å². The van der Waals surface area contributed by atoms with Crippen LogP contribution < -0.4 is 0 Å². The SMILES string of the molecule is C[C@@H]1O[C@@H](OCCC(=O)CC(=O)O)[C@H](O)C[C@H]1O. The fourth-order valence-electron chi connectivity index (χ4n) is 1.64. The van der Waals surface area contributed by atoms with Crippen LogP contribution in [-0.4, -0.2) is 58.3 Å². The Labute approximate surface area is 104 Å². The third-order valence-corrected chi connectivity index (χ3v) is 2.70. The number of hydrogen-bond donors (Lipinski definition) is 3. The lowest BCUT2D eigenvalue weighted by molar-refractivity contribution is -0.260. The number of ketones is 1. The van der Waals surface area contributed by atoms with E-state index in [1.165, 1.54) is 0 Å². The molecule has 18 heavy (non-hydrogen) atoms. The Bertz CT molecular complexity index is 304. The zero-order chi connectivity index (χ0) is 13.7. The molecule has 4 atom stereocenters. The van der Waals surface area contributed by atoms with Crippen molar-refractivity contribution in [2.45, 2.75) is 50.8 Å². The van der Waals surface area contributed by atoms with Gasteiger partial charge in [0, 0.05) is 12.8 Å². The topological polar surface area (TPSA) is 113 Å². The van der Waals surface area contributed by atoms with Crippen molar-refractivity contribution in [3.8, 4) is 0 Å². The largest absolute Gasteiger partial charge is 0.481 e. The third-order valence-electron chi connectivity index (χ3n) is 2.70. The van der Waals surface area contributed by atoms with Gasteiger partial charge in [0.25, 0.3) is 0 Å². The van der Waals surface area contributed by atoms with Crippen LogP contribution in [0.1, 0.15) is 26.2 Å². The molecule has 104 valence electrons. The molecule has 1 fully saturated rings. The van der Waals surface area contributed by atoms with Crippen molar-refractivity contribution in [3.63, 3.8) is 0 Å². The van der Waals surface area contributed by atoms with Crippen LogP contribution in [0.25, 0.3) is 0 Å². The van der Waals surface area contributed by atoms with Gasteiger partial charge in [-0.3, -0.25) is 9.59 Å². The molecule has 1 rings (SSSR count). The van der Waals surface area contributed by atoms with E-state index in [1.807, 2.05) is 0 Å². The lowest BCUT2D eigenvalue weighted by atomic mass is 10.0. The average Bonchev–Trinajstić information content (AvgIpc) is 2.24. The second kappa shape index (κ2) is 6.79. The molecule has 7 nitrogen and oxygen atoms in total. The maximum atomic E-state index is 11.1. The highest BCUT2D eigenvalue weighted by Gasteiger charge is 2.34. The van der Waals surface area contributed by atoms with Crippen LogP contribution >= 0.6 is 0 Å². The fraction of sp³-hybridized carbons (Fsp3) is 0.818. The van der Waals surface area contributed by atoms with Gasteiger partial charge < -0.3 is 24.8 Å². The Morgan fingerprint density at radius 3 is 2.61 bits per heavy atom. The number of carbonyl (C=O) groups excluding carboxylic acids is 1. The summed E-state index contributed by atoms with van der Waals surface area (Å²) >= 11 is 0. The molecule has 0 radical (unpaired) electrons. The molecule has 0 amide bonds. The van der Waals surface area contributed by atoms with Crippen LogP contribution in [0.4, 0.5) is 0 Å². The zero-order valence-electron chi connectivity index (χ0n) is 10.1. The van der Waals surface area contributed by atoms with E-state index in [0.717, 1.165) is 0 Å². The van der Waals surface area contributed by atoms with Crippen molar-refractivity contribution in [2.24, 2.45) is 0 Å². The minimum absolute atomic E-state index is 0.0172. The van der Waals surface area contributed by atoms with Crippen LogP contribution in [-0.2, 0) is 19.1 Å². The van der Waals surface area contributed by atoms with Crippen LogP contribution in [0.15, 0.2) is 0 Å². The van der Waals surface area contributed by atoms with Crippen molar-refractivity contribution in [1.82, 2.24) is 0 Å². The zero-order valence-corrected chi connectivity index (χ0v) is 10.1. The number of hydrogen-bond acceptors (Lipinski definition) is 6. The Morgan fingerprint density at radius 2 is 2.00 bits per heavy atom. The molecule has 3 N–H and O–H groups in total. The molecule has 1 aliphatic heterocycles. The molecule has 0 aromatic rings. The molecule has 0 aliphatic carbocycles. The number of Topliss-reactive ketones (excluding diaryl/α,β-unsaturated/α-hetero) is 1. The van der Waals surface area contributed by atoms with Crippen molar-refractivity contribution < 1.29 is 34.4 Å². The number of aliphatic carboxylic acids is 1. The minimum Gasteiger partial charge on any atom is -0.481 e. The number of aliphatic hydroxyl groups excluding tert-OH is 2. The first kappa shape index (κ1) is 15.0. The predicted octanol–water partition coefficient (Wildman–Crippen LogP) is -0.706. The average molecular weight is 262 g/mol. The Morgan fingerprint density at radius 1 is 1.33 bits per heavy atom. The number of carboxylic acid groups (broad SMARTS) is 1. The van der Waals surface area contributed by atoms with Crippen molar-refractivity contribution in [3.05, 3.63) is 0 Å². The number of aliphatic hydroxyl groups is 2. The van der Waals surface area contributed by atoms with E-state index in [2.05, 4.69) is 0 Å². The summed E-state index contributed by atoms with van der Waals surface area (Å²) in [6, 6.07) is 0. The molecular formula is C11H18O7. The van der Waals surface area contributed by atoms with E-state index < -0.39 is 42.8 Å². The predicted molar refractivity (Wildman–Crippen MR) is 58.8 cm³/mol. The van der Waals surface area contributed by atoms with E-state index in [1.54, 1.807) is 6.92 Å². The Balaban J connectivity index is 2.26. The van der Waals surface area contributed by atoms with Crippen LogP contribution in [0, 0.1) is 0 Å². The first-order chi connectivity index (χ1) is 8.40. The fourth-order valence-corrected chi connectivity index (χ4v) is 1.64. The van der Waals surface area contributed by atoms with Gasteiger partial charge in [0.05, 0.1) is 18.8 Å². The molecule has 7 heteroatoms. The highest BCUT2D eigenvalue weighted by atomic mass is 16.7. The minimum atomic E-state index is -1.18. The van der Waals surface area contributed by atoms with E-state index in [9.17, 15) is 19.8 Å². The van der Waals surface area contributed by atoms with Crippen molar-refractivity contribution in [1.29, 1.82) is 0 Å². The van der Waals surface area contributed by atoms with Gasteiger partial charge in [-0.1, -0.05) is 0 Å². The van der Waals surface area contributed by atoms with Gasteiger partial charge in [0.2, 0.25) is 0 Å². The molecule has 0 aromatic carbocycles. The van der Waals surface area contributed by atoms with Gasteiger partial charge in [-0.05, 0) is 6.92 Å². The third kappa shape index (κ3) is 4.69. The first-order valence-corrected chi connectivity index (χ1v) is 5.77. The lowest BCUT2D eigenvalue weighted by Gasteiger charge is -2.35. The molecule has 0 saturated carbocycles. The number of ether oxygens (including phenoxy) is 2. The second-order valence-electron chi connectivity index (χ2n) is 4.31. The standard InChI is InChI=1S/C11H18O7/c1-6-8(13)5-9(14)11(18-6)17-3-2-7(12)4-10(15)16/h6,8-9,11,13-14H,2-5H2,1H3,(H,15,16)/t6-,8+,9+,11+/m0/s1. The van der Waals surface area contributed by atoms with Gasteiger partial charge in [-0.2, -0.15) is 0 Å². The first-order valence-electron chi connectivity index (χ1n) is 5.77. The van der Waals surface area contributed by atoms with Gasteiger partial charge >= 0.3 is 5.97 Å². The van der Waals surface area contributed by atoms with E-state index >= 15 is 0 Å². The van der Waals surface area contributed by atoms with E-state index in [4.69, 9.17) is 14.6 Å². The Kier molecular flexibility index (Phi) is 5.67. The summed E-state index contributed by atoms with van der Waals surface area (Å²) in [5, 5.41) is 27.4. The van der Waals surface area contributed by atoms with Gasteiger partial charge in [0.1, 0.15) is 18.3 Å². The Hall–Kier alpha value is -1.02. The normalized spacial score (nSPS) is 32.2. The summed E-state index contributed by atoms with van der Waals surface area (Å²) in [6.45, 7) is 1.64. The summed E-state index contributed by atoms with van der Waals surface area (Å²) in [5.41, 5.74) is 0. The van der Waals surface area contributed by atoms with Crippen LogP contribution in [0.2, 0.25) is 0 Å².